The van der Waals surface area contributed by atoms with E-state index < -0.39 is 0 Å². The molecule has 2 heteroatoms. The van der Waals surface area contributed by atoms with Crippen LogP contribution in [0.15, 0.2) is 18.2 Å². The summed E-state index contributed by atoms with van der Waals surface area (Å²) < 4.78 is 0. The average molecular weight is 216 g/mol. The van der Waals surface area contributed by atoms with E-state index in [-0.39, 0.29) is 0 Å². The zero-order valence-corrected chi connectivity index (χ0v) is 9.78. The second-order valence-electron chi connectivity index (χ2n) is 5.31. The summed E-state index contributed by atoms with van der Waals surface area (Å²) in [4.78, 5) is 2.60. The quantitative estimate of drug-likeness (QED) is 0.769. The number of hydrogen-bond donors (Lipinski definition) is 1. The predicted molar refractivity (Wildman–Crippen MR) is 67.2 cm³/mol. The van der Waals surface area contributed by atoms with Crippen LogP contribution in [0.25, 0.3) is 0 Å². The van der Waals surface area contributed by atoms with Gasteiger partial charge in [0, 0.05) is 25.3 Å². The van der Waals surface area contributed by atoms with Crippen LogP contribution >= 0.6 is 0 Å². The summed E-state index contributed by atoms with van der Waals surface area (Å²) in [6.07, 6.45) is 5.53. The first-order valence-corrected chi connectivity index (χ1v) is 6.41. The van der Waals surface area contributed by atoms with Crippen LogP contribution in [0.5, 0.6) is 0 Å². The van der Waals surface area contributed by atoms with Gasteiger partial charge in [0.15, 0.2) is 0 Å². The largest absolute Gasteiger partial charge is 0.399 e. The van der Waals surface area contributed by atoms with Gasteiger partial charge in [0.25, 0.3) is 0 Å². The first-order valence-electron chi connectivity index (χ1n) is 6.41. The maximum absolute atomic E-state index is 5.85. The van der Waals surface area contributed by atoms with E-state index in [1.807, 2.05) is 6.07 Å². The number of rotatable bonds is 2. The lowest BCUT2D eigenvalue weighted by atomic mass is 9.84. The number of benzene rings is 1. The molecule has 0 aromatic heterocycles. The smallest absolute Gasteiger partial charge is 0.0317 e. The Balaban J connectivity index is 1.69. The van der Waals surface area contributed by atoms with E-state index in [1.54, 1.807) is 0 Å². The van der Waals surface area contributed by atoms with Crippen molar-refractivity contribution in [2.75, 3.05) is 18.8 Å². The molecular formula is C14H20N2. The van der Waals surface area contributed by atoms with Crippen LogP contribution < -0.4 is 5.73 Å². The van der Waals surface area contributed by atoms with E-state index in [4.69, 9.17) is 5.73 Å². The maximum Gasteiger partial charge on any atom is 0.0317 e. The van der Waals surface area contributed by atoms with Gasteiger partial charge in [0.05, 0.1) is 0 Å². The Morgan fingerprint density at radius 3 is 2.88 bits per heavy atom. The molecule has 86 valence electrons. The third-order valence-corrected chi connectivity index (χ3v) is 4.06. The van der Waals surface area contributed by atoms with Crippen LogP contribution in [0.2, 0.25) is 0 Å². The van der Waals surface area contributed by atoms with Crippen molar-refractivity contribution in [1.29, 1.82) is 0 Å². The number of nitrogens with zero attached hydrogens (tertiary/aromatic N) is 1. The summed E-state index contributed by atoms with van der Waals surface area (Å²) in [6.45, 7) is 3.64. The van der Waals surface area contributed by atoms with Crippen molar-refractivity contribution in [3.05, 3.63) is 29.3 Å². The molecule has 1 saturated carbocycles. The summed E-state index contributed by atoms with van der Waals surface area (Å²) in [5.41, 5.74) is 9.70. The minimum absolute atomic E-state index is 0.907. The number of hydrogen-bond acceptors (Lipinski definition) is 2. The Bertz CT molecular complexity index is 382. The Morgan fingerprint density at radius 1 is 1.25 bits per heavy atom. The molecule has 1 aliphatic carbocycles. The topological polar surface area (TPSA) is 29.3 Å². The van der Waals surface area contributed by atoms with Crippen LogP contribution in [0, 0.1) is 5.92 Å². The Kier molecular flexibility index (Phi) is 2.60. The molecule has 1 aromatic carbocycles. The molecular weight excluding hydrogens is 196 g/mol. The van der Waals surface area contributed by atoms with Gasteiger partial charge >= 0.3 is 0 Å². The summed E-state index contributed by atoms with van der Waals surface area (Å²) >= 11 is 0. The van der Waals surface area contributed by atoms with Crippen molar-refractivity contribution in [2.24, 2.45) is 5.92 Å². The average Bonchev–Trinajstić information content (AvgIpc) is 2.23. The molecule has 2 aliphatic rings. The molecule has 0 atom stereocenters. The lowest BCUT2D eigenvalue weighted by Crippen LogP contribution is -2.36. The molecule has 2 nitrogen and oxygen atoms in total. The van der Waals surface area contributed by atoms with Crippen molar-refractivity contribution in [2.45, 2.75) is 32.2 Å². The Labute approximate surface area is 97.4 Å². The summed E-state index contributed by atoms with van der Waals surface area (Å²) in [5, 5.41) is 0. The molecule has 0 saturated heterocycles. The van der Waals surface area contributed by atoms with E-state index in [2.05, 4.69) is 17.0 Å². The second-order valence-corrected chi connectivity index (χ2v) is 5.31. The van der Waals surface area contributed by atoms with E-state index in [9.17, 15) is 0 Å². The van der Waals surface area contributed by atoms with Crippen LogP contribution in [-0.4, -0.2) is 18.0 Å². The fraction of sp³-hybridized carbons (Fsp3) is 0.571. The zero-order chi connectivity index (χ0) is 11.0. The molecule has 0 amide bonds. The van der Waals surface area contributed by atoms with Crippen molar-refractivity contribution < 1.29 is 0 Å². The maximum atomic E-state index is 5.85. The molecule has 0 unspecified atom stereocenters. The highest BCUT2D eigenvalue weighted by Gasteiger charge is 2.23. The highest BCUT2D eigenvalue weighted by molar-refractivity contribution is 5.45. The zero-order valence-electron chi connectivity index (χ0n) is 9.78. The van der Waals surface area contributed by atoms with Gasteiger partial charge in [0.2, 0.25) is 0 Å². The van der Waals surface area contributed by atoms with Gasteiger partial charge in [-0.25, -0.2) is 0 Å². The van der Waals surface area contributed by atoms with E-state index in [1.165, 1.54) is 49.9 Å². The third kappa shape index (κ3) is 1.94. The molecule has 1 heterocycles. The summed E-state index contributed by atoms with van der Waals surface area (Å²) in [6, 6.07) is 6.38. The van der Waals surface area contributed by atoms with Crippen molar-refractivity contribution in [3.8, 4) is 0 Å². The standard InChI is InChI=1S/C14H20N2/c15-14-5-4-12-6-7-16(10-13(12)8-14)9-11-2-1-3-11/h4-5,8,11H,1-3,6-7,9-10,15H2. The molecule has 3 rings (SSSR count). The minimum Gasteiger partial charge on any atom is -0.399 e. The normalized spacial score (nSPS) is 21.5. The van der Waals surface area contributed by atoms with E-state index in [0.717, 1.165) is 18.2 Å². The van der Waals surface area contributed by atoms with Gasteiger partial charge in [-0.05, 0) is 48.4 Å². The fourth-order valence-electron chi connectivity index (χ4n) is 2.83. The summed E-state index contributed by atoms with van der Waals surface area (Å²) in [5.74, 6) is 0.975. The first kappa shape index (κ1) is 10.2. The lowest BCUT2D eigenvalue weighted by Gasteiger charge is -2.35. The fourth-order valence-corrected chi connectivity index (χ4v) is 2.83. The molecule has 0 radical (unpaired) electrons. The number of nitrogen functional groups attached to an aromatic ring is 1. The van der Waals surface area contributed by atoms with Crippen LogP contribution in [0.4, 0.5) is 5.69 Å². The predicted octanol–water partition coefficient (Wildman–Crippen LogP) is 2.43. The molecule has 16 heavy (non-hydrogen) atoms. The highest BCUT2D eigenvalue weighted by atomic mass is 15.1. The molecule has 1 aliphatic heterocycles. The van der Waals surface area contributed by atoms with Crippen LogP contribution in [0.3, 0.4) is 0 Å². The number of nitrogens with two attached hydrogens (primary N) is 1. The molecule has 0 spiro atoms. The van der Waals surface area contributed by atoms with Crippen molar-refractivity contribution >= 4 is 5.69 Å². The van der Waals surface area contributed by atoms with Gasteiger partial charge in [-0.15, -0.1) is 0 Å². The Morgan fingerprint density at radius 2 is 2.12 bits per heavy atom. The van der Waals surface area contributed by atoms with Gasteiger partial charge in [-0.3, -0.25) is 4.90 Å². The second kappa shape index (κ2) is 4.10. The number of fused-ring (bicyclic) bond motifs is 1. The first-order chi connectivity index (χ1) is 7.81. The van der Waals surface area contributed by atoms with Gasteiger partial charge < -0.3 is 5.73 Å². The SMILES string of the molecule is Nc1ccc2c(c1)CN(CC1CCC1)CC2. The molecule has 1 fully saturated rings. The van der Waals surface area contributed by atoms with E-state index in [0.29, 0.717) is 0 Å². The van der Waals surface area contributed by atoms with Crippen molar-refractivity contribution in [3.63, 3.8) is 0 Å². The van der Waals surface area contributed by atoms with Gasteiger partial charge in [-0.2, -0.15) is 0 Å². The molecule has 2 N–H and O–H groups in total. The lowest BCUT2D eigenvalue weighted by molar-refractivity contribution is 0.166. The number of anilines is 1. The molecule has 0 bridgehead atoms. The molecule has 1 aromatic rings. The van der Waals surface area contributed by atoms with Crippen LogP contribution in [-0.2, 0) is 13.0 Å². The van der Waals surface area contributed by atoms with Gasteiger partial charge in [-0.1, -0.05) is 12.5 Å². The third-order valence-electron chi connectivity index (χ3n) is 4.06. The monoisotopic (exact) mass is 216 g/mol. The van der Waals surface area contributed by atoms with Crippen molar-refractivity contribution in [1.82, 2.24) is 4.90 Å². The van der Waals surface area contributed by atoms with E-state index >= 15 is 0 Å². The van der Waals surface area contributed by atoms with Gasteiger partial charge in [0.1, 0.15) is 0 Å². The highest BCUT2D eigenvalue weighted by Crippen LogP contribution is 2.29. The minimum atomic E-state index is 0.907. The summed E-state index contributed by atoms with van der Waals surface area (Å²) in [7, 11) is 0. The Hall–Kier alpha value is -1.02. The van der Waals surface area contributed by atoms with Crippen LogP contribution in [0.1, 0.15) is 30.4 Å².